The molecule has 10 heteroatoms. The van der Waals surface area contributed by atoms with Gasteiger partial charge in [0.15, 0.2) is 0 Å². The Bertz CT molecular complexity index is 870. The molecule has 4 rings (SSSR count). The second-order valence-corrected chi connectivity index (χ2v) is 6.10. The average Bonchev–Trinajstić information content (AvgIpc) is 3.12. The van der Waals surface area contributed by atoms with Gasteiger partial charge in [0.25, 0.3) is 0 Å². The molecule has 0 bridgehead atoms. The summed E-state index contributed by atoms with van der Waals surface area (Å²) in [6.07, 6.45) is 0. The summed E-state index contributed by atoms with van der Waals surface area (Å²) in [4.78, 5) is 27.7. The van der Waals surface area contributed by atoms with E-state index in [-0.39, 0.29) is 6.54 Å². The maximum Gasteiger partial charge on any atom is 0.325 e. The molecule has 0 amide bonds. The van der Waals surface area contributed by atoms with Gasteiger partial charge in [-0.25, -0.2) is 19.1 Å². The minimum absolute atomic E-state index is 0.0282. The van der Waals surface area contributed by atoms with Crippen LogP contribution in [0.5, 0.6) is 0 Å². The second-order valence-electron chi connectivity index (χ2n) is 5.67. The van der Waals surface area contributed by atoms with Gasteiger partial charge in [0, 0.05) is 10.6 Å². The van der Waals surface area contributed by atoms with Crippen molar-refractivity contribution in [2.45, 2.75) is 12.5 Å². The number of hydroxylamine groups is 4. The lowest BCUT2D eigenvalue weighted by molar-refractivity contribution is -0.368. The highest BCUT2D eigenvalue weighted by molar-refractivity contribution is 6.30. The Morgan fingerprint density at radius 3 is 2.85 bits per heavy atom. The monoisotopic (exact) mass is 381 g/mol. The number of nitrogens with one attached hydrogen (secondary N) is 1. The molecule has 1 atom stereocenters. The van der Waals surface area contributed by atoms with Crippen molar-refractivity contribution >= 4 is 23.3 Å². The molecule has 2 aliphatic heterocycles. The predicted molar refractivity (Wildman–Crippen MR) is 86.4 cm³/mol. The highest BCUT2D eigenvalue weighted by atomic mass is 35.5. The van der Waals surface area contributed by atoms with Crippen molar-refractivity contribution in [1.82, 2.24) is 10.7 Å². The molecule has 8 nitrogen and oxygen atoms in total. The summed E-state index contributed by atoms with van der Waals surface area (Å²) >= 11 is 6.05. The molecule has 26 heavy (non-hydrogen) atoms. The third-order valence-corrected chi connectivity index (χ3v) is 4.10. The first-order valence-corrected chi connectivity index (χ1v) is 7.97. The van der Waals surface area contributed by atoms with Crippen LogP contribution in [-0.4, -0.2) is 22.8 Å². The highest BCUT2D eigenvalue weighted by Crippen LogP contribution is 2.45. The molecule has 2 aromatic rings. The number of carbonyl (C=O) groups is 1. The van der Waals surface area contributed by atoms with Crippen LogP contribution in [0.4, 0.5) is 10.1 Å². The summed E-state index contributed by atoms with van der Waals surface area (Å²) in [5.74, 6) is -3.13. The molecule has 2 aliphatic rings. The Balaban J connectivity index is 1.60. The second kappa shape index (κ2) is 6.47. The lowest BCUT2D eigenvalue weighted by Gasteiger charge is -2.21. The Labute approximate surface area is 152 Å². The van der Waals surface area contributed by atoms with Gasteiger partial charge in [-0.2, -0.15) is 4.94 Å². The van der Waals surface area contributed by atoms with Crippen LogP contribution in [0, 0.1) is 5.82 Å². The number of rotatable bonds is 4. The van der Waals surface area contributed by atoms with Crippen molar-refractivity contribution in [2.24, 2.45) is 0 Å². The first kappa shape index (κ1) is 17.2. The minimum atomic E-state index is -1.62. The Morgan fingerprint density at radius 1 is 1.27 bits per heavy atom. The van der Waals surface area contributed by atoms with Gasteiger partial charge in [0.2, 0.25) is 0 Å². The lowest BCUT2D eigenvalue weighted by Crippen LogP contribution is -2.41. The Morgan fingerprint density at radius 2 is 2.08 bits per heavy atom. The smallest absolute Gasteiger partial charge is 0.325 e. The fourth-order valence-corrected chi connectivity index (χ4v) is 2.92. The SMILES string of the molecule is O=C(O)CN1OC2(NON(Cc3ccccc3F)O2)c2cc(Cl)ccc21. The molecule has 1 unspecified atom stereocenters. The number of aliphatic carboxylic acids is 1. The number of anilines is 1. The molecule has 0 saturated carbocycles. The van der Waals surface area contributed by atoms with Gasteiger partial charge in [-0.1, -0.05) is 29.8 Å². The summed E-state index contributed by atoms with van der Waals surface area (Å²) in [7, 11) is 0. The molecule has 0 aliphatic carbocycles. The van der Waals surface area contributed by atoms with E-state index in [2.05, 4.69) is 5.48 Å². The Kier molecular flexibility index (Phi) is 4.27. The van der Waals surface area contributed by atoms with Crippen LogP contribution in [0.3, 0.4) is 0 Å². The zero-order chi connectivity index (χ0) is 18.3. The maximum atomic E-state index is 13.8. The number of carboxylic acid groups (broad SMARTS) is 1. The molecular formula is C16H13ClFN3O5. The van der Waals surface area contributed by atoms with Gasteiger partial charge in [-0.3, -0.25) is 4.79 Å². The first-order valence-electron chi connectivity index (χ1n) is 7.59. The Hall–Kier alpha value is -2.27. The number of benzene rings is 2. The van der Waals surface area contributed by atoms with Crippen molar-refractivity contribution in [1.29, 1.82) is 0 Å². The number of hydrogen-bond acceptors (Lipinski definition) is 7. The number of halogens is 2. The topological polar surface area (TPSA) is 83.5 Å². The van der Waals surface area contributed by atoms with Crippen LogP contribution >= 0.6 is 11.6 Å². The van der Waals surface area contributed by atoms with E-state index in [0.29, 0.717) is 21.8 Å². The third kappa shape index (κ3) is 3.01. The summed E-state index contributed by atoms with van der Waals surface area (Å²) < 4.78 is 13.8. The third-order valence-electron chi connectivity index (χ3n) is 3.87. The number of carboxylic acids is 1. The van der Waals surface area contributed by atoms with Gasteiger partial charge in [0.05, 0.1) is 17.8 Å². The van der Waals surface area contributed by atoms with Crippen molar-refractivity contribution in [3.63, 3.8) is 0 Å². The van der Waals surface area contributed by atoms with E-state index in [0.717, 1.165) is 10.3 Å². The van der Waals surface area contributed by atoms with E-state index in [9.17, 15) is 9.18 Å². The van der Waals surface area contributed by atoms with Gasteiger partial charge in [-0.15, -0.1) is 5.48 Å². The molecule has 1 saturated heterocycles. The number of hydrogen-bond donors (Lipinski definition) is 2. The van der Waals surface area contributed by atoms with Crippen LogP contribution in [-0.2, 0) is 31.9 Å². The molecule has 0 radical (unpaired) electrons. The standard InChI is InChI=1S/C16H13ClFN3O5/c17-11-5-6-14-12(7-11)16(24-20(14)9-15(22)23)19-26-21(25-16)8-10-3-1-2-4-13(10)18/h1-7,19H,8-9H2,(H,22,23). The summed E-state index contributed by atoms with van der Waals surface area (Å²) in [6.45, 7) is -0.450. The van der Waals surface area contributed by atoms with Crippen molar-refractivity contribution < 1.29 is 28.9 Å². The van der Waals surface area contributed by atoms with Crippen molar-refractivity contribution in [2.75, 3.05) is 11.6 Å². The summed E-state index contributed by atoms with van der Waals surface area (Å²) in [5.41, 5.74) is 3.81. The van der Waals surface area contributed by atoms with E-state index < -0.39 is 24.2 Å². The summed E-state index contributed by atoms with van der Waals surface area (Å²) in [6, 6.07) is 11.0. The molecule has 0 aromatic heterocycles. The van der Waals surface area contributed by atoms with Gasteiger partial charge in [0.1, 0.15) is 12.4 Å². The zero-order valence-corrected chi connectivity index (χ0v) is 13.9. The molecule has 136 valence electrons. The number of nitrogens with zero attached hydrogens (tertiary/aromatic N) is 2. The van der Waals surface area contributed by atoms with Crippen LogP contribution in [0.25, 0.3) is 0 Å². The van der Waals surface area contributed by atoms with E-state index in [4.69, 9.17) is 31.3 Å². The van der Waals surface area contributed by atoms with Crippen LogP contribution in [0.1, 0.15) is 11.1 Å². The fourth-order valence-electron chi connectivity index (χ4n) is 2.74. The average molecular weight is 382 g/mol. The largest absolute Gasteiger partial charge is 0.480 e. The zero-order valence-electron chi connectivity index (χ0n) is 13.2. The van der Waals surface area contributed by atoms with E-state index >= 15 is 0 Å². The molecule has 2 N–H and O–H groups in total. The van der Waals surface area contributed by atoms with Gasteiger partial charge in [-0.05, 0) is 29.5 Å². The molecule has 2 heterocycles. The highest BCUT2D eigenvalue weighted by Gasteiger charge is 2.53. The van der Waals surface area contributed by atoms with Crippen LogP contribution < -0.4 is 10.5 Å². The normalized spacial score (nSPS) is 22.2. The summed E-state index contributed by atoms with van der Waals surface area (Å²) in [5, 5.41) is 11.6. The first-order chi connectivity index (χ1) is 12.5. The van der Waals surface area contributed by atoms with E-state index in [1.54, 1.807) is 36.4 Å². The van der Waals surface area contributed by atoms with Crippen molar-refractivity contribution in [3.8, 4) is 0 Å². The van der Waals surface area contributed by atoms with Gasteiger partial charge < -0.3 is 5.11 Å². The minimum Gasteiger partial charge on any atom is -0.480 e. The van der Waals surface area contributed by atoms with E-state index in [1.807, 2.05) is 0 Å². The fraction of sp³-hybridized carbons (Fsp3) is 0.188. The van der Waals surface area contributed by atoms with E-state index in [1.165, 1.54) is 6.07 Å². The molecular weight excluding hydrogens is 369 g/mol. The molecule has 1 fully saturated rings. The lowest BCUT2D eigenvalue weighted by atomic mass is 10.1. The predicted octanol–water partition coefficient (Wildman–Crippen LogP) is 2.31. The number of fused-ring (bicyclic) bond motifs is 2. The quantitative estimate of drug-likeness (QED) is 0.834. The van der Waals surface area contributed by atoms with Crippen molar-refractivity contribution in [3.05, 3.63) is 64.4 Å². The van der Waals surface area contributed by atoms with Crippen LogP contribution in [0.15, 0.2) is 42.5 Å². The molecule has 1 spiro atoms. The maximum absolute atomic E-state index is 13.8. The van der Waals surface area contributed by atoms with Crippen LogP contribution in [0.2, 0.25) is 5.02 Å². The van der Waals surface area contributed by atoms with Gasteiger partial charge >= 0.3 is 11.9 Å². The molecule has 2 aromatic carbocycles.